The Hall–Kier alpha value is -4.92. The zero-order valence-corrected chi connectivity index (χ0v) is 21.3. The number of urea groups is 1. The molecule has 3 unspecified atom stereocenters. The number of benzene rings is 1. The lowest BCUT2D eigenvalue weighted by Crippen LogP contribution is -2.54. The van der Waals surface area contributed by atoms with E-state index in [0.717, 1.165) is 17.1 Å². The zero-order chi connectivity index (χ0) is 29.1. The maximum atomic E-state index is 12.7. The quantitative estimate of drug-likeness (QED) is 0.126. The number of nitrogens with two attached hydrogens (primary N) is 2. The van der Waals surface area contributed by atoms with Crippen molar-refractivity contribution >= 4 is 53.4 Å². The molecule has 0 fully saturated rings. The van der Waals surface area contributed by atoms with Gasteiger partial charge in [0.15, 0.2) is 0 Å². The molecule has 1 aliphatic rings. The highest BCUT2D eigenvalue weighted by atomic mass is 16.2. The van der Waals surface area contributed by atoms with Crippen LogP contribution in [0.15, 0.2) is 41.4 Å². The molecule has 0 saturated heterocycles. The Kier molecular flexibility index (Phi) is 11.0. The van der Waals surface area contributed by atoms with Crippen molar-refractivity contribution in [2.75, 3.05) is 18.4 Å². The average molecular weight is 543 g/mol. The molecule has 208 valence electrons. The molecule has 0 saturated carbocycles. The number of anilines is 1. The molecule has 39 heavy (non-hydrogen) atoms. The highest BCUT2D eigenvalue weighted by Crippen LogP contribution is 2.10. The SMILES string of the molecule is CC(N)C(=O)NC(C)C(=O)NC(CC(N)=O)C(=O)Nc1ccc(/C=N/C(=O)NCCN2C(=O)C=CC2=O)cc1. The van der Waals surface area contributed by atoms with E-state index in [1.54, 1.807) is 12.1 Å². The summed E-state index contributed by atoms with van der Waals surface area (Å²) < 4.78 is 0. The number of primary amides is 1. The fourth-order valence-corrected chi connectivity index (χ4v) is 3.10. The van der Waals surface area contributed by atoms with Gasteiger partial charge in [0.1, 0.15) is 12.1 Å². The normalized spacial score (nSPS) is 15.0. The van der Waals surface area contributed by atoms with E-state index in [0.29, 0.717) is 11.3 Å². The molecule has 8 N–H and O–H groups in total. The standard InChI is InChI=1S/C24H30N8O7/c1-13(25)21(36)29-14(2)22(37)31-17(11-18(26)33)23(38)30-16-5-3-15(4-6-16)12-28-24(39)27-9-10-32-19(34)7-8-20(32)35/h3-8,12-14,17H,9-11,25H2,1-2H3,(H2,26,33)(H,27,39)(H,29,36)(H,30,38)(H,31,37)/b28-12+. The lowest BCUT2D eigenvalue weighted by molar-refractivity contribution is -0.136. The molecule has 0 bridgehead atoms. The summed E-state index contributed by atoms with van der Waals surface area (Å²) in [6, 6.07) is 2.24. The van der Waals surface area contributed by atoms with Crippen LogP contribution in [0.2, 0.25) is 0 Å². The van der Waals surface area contributed by atoms with Crippen LogP contribution in [-0.4, -0.2) is 83.8 Å². The molecule has 0 spiro atoms. The van der Waals surface area contributed by atoms with Crippen LogP contribution in [0.25, 0.3) is 0 Å². The van der Waals surface area contributed by atoms with Gasteiger partial charge in [0.05, 0.1) is 12.5 Å². The maximum absolute atomic E-state index is 12.7. The molecule has 1 aromatic carbocycles. The van der Waals surface area contributed by atoms with Crippen LogP contribution in [0.4, 0.5) is 10.5 Å². The van der Waals surface area contributed by atoms with Crippen molar-refractivity contribution < 1.29 is 33.6 Å². The number of imide groups is 1. The lowest BCUT2D eigenvalue weighted by Gasteiger charge is -2.21. The van der Waals surface area contributed by atoms with Crippen molar-refractivity contribution in [3.63, 3.8) is 0 Å². The molecule has 15 heteroatoms. The summed E-state index contributed by atoms with van der Waals surface area (Å²) in [4.78, 5) is 87.8. The molecule has 1 heterocycles. The van der Waals surface area contributed by atoms with E-state index in [2.05, 4.69) is 26.3 Å². The third-order valence-corrected chi connectivity index (χ3v) is 5.23. The predicted octanol–water partition coefficient (Wildman–Crippen LogP) is -2.11. The summed E-state index contributed by atoms with van der Waals surface area (Å²) in [5.74, 6) is -3.74. The molecular weight excluding hydrogens is 512 g/mol. The second-order valence-corrected chi connectivity index (χ2v) is 8.51. The van der Waals surface area contributed by atoms with Crippen LogP contribution in [0.5, 0.6) is 0 Å². The number of nitrogens with one attached hydrogen (secondary N) is 4. The molecule has 0 aliphatic carbocycles. The van der Waals surface area contributed by atoms with Crippen molar-refractivity contribution in [1.82, 2.24) is 20.9 Å². The highest BCUT2D eigenvalue weighted by molar-refractivity contribution is 6.12. The first-order chi connectivity index (χ1) is 18.4. The van der Waals surface area contributed by atoms with Crippen LogP contribution in [0.3, 0.4) is 0 Å². The Balaban J connectivity index is 1.89. The van der Waals surface area contributed by atoms with Crippen LogP contribution in [0.1, 0.15) is 25.8 Å². The monoisotopic (exact) mass is 542 g/mol. The summed E-state index contributed by atoms with van der Waals surface area (Å²) in [6.45, 7) is 2.87. The van der Waals surface area contributed by atoms with Gasteiger partial charge >= 0.3 is 6.03 Å². The van der Waals surface area contributed by atoms with E-state index >= 15 is 0 Å². The topological polar surface area (TPSA) is 235 Å². The summed E-state index contributed by atoms with van der Waals surface area (Å²) in [5, 5.41) is 9.77. The van der Waals surface area contributed by atoms with Crippen LogP contribution >= 0.6 is 0 Å². The second-order valence-electron chi connectivity index (χ2n) is 8.51. The average Bonchev–Trinajstić information content (AvgIpc) is 3.19. The molecule has 0 radical (unpaired) electrons. The predicted molar refractivity (Wildman–Crippen MR) is 139 cm³/mol. The van der Waals surface area contributed by atoms with Gasteiger partial charge in [-0.3, -0.25) is 33.7 Å². The number of carbonyl (C=O) groups is 7. The molecule has 3 atom stereocenters. The van der Waals surface area contributed by atoms with Crippen LogP contribution in [-0.2, 0) is 28.8 Å². The second kappa shape index (κ2) is 14.1. The van der Waals surface area contributed by atoms with E-state index in [1.165, 1.54) is 32.2 Å². The van der Waals surface area contributed by atoms with Crippen molar-refractivity contribution in [3.05, 3.63) is 42.0 Å². The third-order valence-electron chi connectivity index (χ3n) is 5.23. The van der Waals surface area contributed by atoms with Gasteiger partial charge in [-0.1, -0.05) is 12.1 Å². The number of aliphatic imine (C=N–C) groups is 1. The molecule has 2 rings (SSSR count). The molecular formula is C24H30N8O7. The maximum Gasteiger partial charge on any atom is 0.340 e. The third kappa shape index (κ3) is 9.81. The lowest BCUT2D eigenvalue weighted by atomic mass is 10.1. The van der Waals surface area contributed by atoms with Crippen molar-refractivity contribution in [2.24, 2.45) is 16.5 Å². The van der Waals surface area contributed by atoms with Crippen LogP contribution in [0, 0.1) is 0 Å². The smallest absolute Gasteiger partial charge is 0.340 e. The number of rotatable bonds is 12. The number of hydrogen-bond acceptors (Lipinski definition) is 8. The van der Waals surface area contributed by atoms with Gasteiger partial charge in [-0.05, 0) is 31.5 Å². The fourth-order valence-electron chi connectivity index (χ4n) is 3.10. The largest absolute Gasteiger partial charge is 0.370 e. The minimum Gasteiger partial charge on any atom is -0.370 e. The van der Waals surface area contributed by atoms with E-state index in [1.807, 2.05) is 0 Å². The number of amides is 8. The Morgan fingerprint density at radius 1 is 0.949 bits per heavy atom. The Morgan fingerprint density at radius 3 is 2.13 bits per heavy atom. The van der Waals surface area contributed by atoms with Gasteiger partial charge in [0, 0.05) is 37.1 Å². The van der Waals surface area contributed by atoms with Gasteiger partial charge in [-0.2, -0.15) is 0 Å². The van der Waals surface area contributed by atoms with Gasteiger partial charge < -0.3 is 32.7 Å². The van der Waals surface area contributed by atoms with Gasteiger partial charge in [-0.25, -0.2) is 9.79 Å². The summed E-state index contributed by atoms with van der Waals surface area (Å²) >= 11 is 0. The molecule has 1 aromatic rings. The van der Waals surface area contributed by atoms with E-state index in [-0.39, 0.29) is 13.1 Å². The fraction of sp³-hybridized carbons (Fsp3) is 0.333. The number of nitrogens with zero attached hydrogens (tertiary/aromatic N) is 2. The Morgan fingerprint density at radius 2 is 1.56 bits per heavy atom. The van der Waals surface area contributed by atoms with Crippen molar-refractivity contribution in [2.45, 2.75) is 38.4 Å². The zero-order valence-electron chi connectivity index (χ0n) is 21.3. The number of hydrogen-bond donors (Lipinski definition) is 6. The molecule has 1 aliphatic heterocycles. The molecule has 8 amide bonds. The first kappa shape index (κ1) is 30.3. The summed E-state index contributed by atoms with van der Waals surface area (Å²) in [6.07, 6.45) is 3.08. The highest BCUT2D eigenvalue weighted by Gasteiger charge is 2.26. The van der Waals surface area contributed by atoms with Gasteiger partial charge in [0.25, 0.3) is 11.8 Å². The minimum absolute atomic E-state index is 0.0119. The molecule has 15 nitrogen and oxygen atoms in total. The van der Waals surface area contributed by atoms with Crippen molar-refractivity contribution in [3.8, 4) is 0 Å². The van der Waals surface area contributed by atoms with E-state index < -0.39 is 66.0 Å². The van der Waals surface area contributed by atoms with Gasteiger partial charge in [-0.15, -0.1) is 0 Å². The Labute approximate surface area is 223 Å². The van der Waals surface area contributed by atoms with Crippen LogP contribution < -0.4 is 32.7 Å². The summed E-state index contributed by atoms with van der Waals surface area (Å²) in [7, 11) is 0. The first-order valence-corrected chi connectivity index (χ1v) is 11.8. The van der Waals surface area contributed by atoms with E-state index in [9.17, 15) is 33.6 Å². The molecule has 0 aromatic heterocycles. The number of carbonyl (C=O) groups excluding carboxylic acids is 7. The minimum atomic E-state index is -1.31. The summed E-state index contributed by atoms with van der Waals surface area (Å²) in [5.41, 5.74) is 11.5. The van der Waals surface area contributed by atoms with Gasteiger partial charge in [0.2, 0.25) is 23.6 Å². The van der Waals surface area contributed by atoms with E-state index in [4.69, 9.17) is 11.5 Å². The van der Waals surface area contributed by atoms with Crippen molar-refractivity contribution in [1.29, 1.82) is 0 Å². The Bertz CT molecular complexity index is 1180. The first-order valence-electron chi connectivity index (χ1n) is 11.8.